The van der Waals surface area contributed by atoms with Gasteiger partial charge in [-0.2, -0.15) is 0 Å². The van der Waals surface area contributed by atoms with E-state index in [-0.39, 0.29) is 16.4 Å². The molecule has 0 radical (unpaired) electrons. The Labute approximate surface area is 79.1 Å². The average molecular weight is 189 g/mol. The maximum atomic E-state index is 9.56. The van der Waals surface area contributed by atoms with E-state index in [0.717, 1.165) is 6.42 Å². The maximum Gasteiger partial charge on any atom is 0.0740 e. The third-order valence-corrected chi connectivity index (χ3v) is 4.71. The number of aliphatic hydroxyl groups is 1. The molecule has 2 heteroatoms. The maximum absolute atomic E-state index is 9.56. The molecule has 0 amide bonds. The summed E-state index contributed by atoms with van der Waals surface area (Å²) in [5.74, 6) is 0. The Hall–Kier alpha value is 0.250. The molecular weight excluding hydrogens is 172 g/mol. The standard InChI is InChI=1S/C10H17ClO/c1-9(11)8(12)7-10(9)5-3-2-4-6-10/h8,12H,2-7H2,1H3/t8-,9-/m1/s1. The summed E-state index contributed by atoms with van der Waals surface area (Å²) < 4.78 is 0. The topological polar surface area (TPSA) is 20.2 Å². The van der Waals surface area contributed by atoms with Gasteiger partial charge in [-0.15, -0.1) is 11.6 Å². The van der Waals surface area contributed by atoms with Crippen molar-refractivity contribution < 1.29 is 5.11 Å². The van der Waals surface area contributed by atoms with Crippen molar-refractivity contribution in [1.29, 1.82) is 0 Å². The van der Waals surface area contributed by atoms with E-state index in [9.17, 15) is 5.11 Å². The number of hydrogen-bond donors (Lipinski definition) is 1. The van der Waals surface area contributed by atoms with Gasteiger partial charge in [-0.1, -0.05) is 19.3 Å². The normalized spacial score (nSPS) is 45.8. The molecule has 0 bridgehead atoms. The van der Waals surface area contributed by atoms with E-state index >= 15 is 0 Å². The molecule has 0 aromatic rings. The van der Waals surface area contributed by atoms with E-state index < -0.39 is 0 Å². The van der Waals surface area contributed by atoms with E-state index in [1.807, 2.05) is 6.92 Å². The third kappa shape index (κ3) is 0.958. The van der Waals surface area contributed by atoms with E-state index in [1.165, 1.54) is 32.1 Å². The molecule has 2 fully saturated rings. The highest BCUT2D eigenvalue weighted by Gasteiger charge is 2.60. The Morgan fingerprint density at radius 2 is 1.83 bits per heavy atom. The van der Waals surface area contributed by atoms with Crippen LogP contribution >= 0.6 is 11.6 Å². The number of rotatable bonds is 0. The average Bonchev–Trinajstić information content (AvgIpc) is 2.06. The van der Waals surface area contributed by atoms with Gasteiger partial charge < -0.3 is 5.11 Å². The van der Waals surface area contributed by atoms with Crippen LogP contribution in [0.25, 0.3) is 0 Å². The second kappa shape index (κ2) is 2.62. The second-order valence-corrected chi connectivity index (χ2v) is 5.42. The van der Waals surface area contributed by atoms with E-state index in [1.54, 1.807) is 0 Å². The zero-order valence-corrected chi connectivity index (χ0v) is 8.40. The molecule has 0 unspecified atom stereocenters. The molecule has 2 aliphatic carbocycles. The number of hydrogen-bond acceptors (Lipinski definition) is 1. The number of aliphatic hydroxyl groups excluding tert-OH is 1. The smallest absolute Gasteiger partial charge is 0.0740 e. The van der Waals surface area contributed by atoms with Crippen LogP contribution in [0.5, 0.6) is 0 Å². The van der Waals surface area contributed by atoms with Crippen LogP contribution in [0.4, 0.5) is 0 Å². The summed E-state index contributed by atoms with van der Waals surface area (Å²) >= 11 is 6.34. The van der Waals surface area contributed by atoms with Crippen molar-refractivity contribution in [1.82, 2.24) is 0 Å². The summed E-state index contributed by atoms with van der Waals surface area (Å²) in [6, 6.07) is 0. The van der Waals surface area contributed by atoms with Gasteiger partial charge in [-0.05, 0) is 31.6 Å². The molecule has 0 aromatic heterocycles. The quantitative estimate of drug-likeness (QED) is 0.580. The molecule has 1 spiro atoms. The summed E-state index contributed by atoms with van der Waals surface area (Å²) in [5, 5.41) is 9.56. The zero-order valence-electron chi connectivity index (χ0n) is 7.65. The minimum Gasteiger partial charge on any atom is -0.391 e. The predicted molar refractivity (Wildman–Crippen MR) is 50.4 cm³/mol. The first-order valence-electron chi connectivity index (χ1n) is 4.95. The van der Waals surface area contributed by atoms with Crippen LogP contribution in [-0.4, -0.2) is 16.1 Å². The first-order chi connectivity index (χ1) is 5.58. The monoisotopic (exact) mass is 188 g/mol. The molecule has 0 aliphatic heterocycles. The summed E-state index contributed by atoms with van der Waals surface area (Å²) in [5.41, 5.74) is 0.284. The molecule has 0 heterocycles. The van der Waals surface area contributed by atoms with E-state index in [4.69, 9.17) is 11.6 Å². The molecular formula is C10H17ClO. The molecule has 1 N–H and O–H groups in total. The molecule has 2 saturated carbocycles. The SMILES string of the molecule is C[C@@]1(Cl)[C@H](O)CC12CCCCC2. The summed E-state index contributed by atoms with van der Waals surface area (Å²) in [6.45, 7) is 2.01. The van der Waals surface area contributed by atoms with Gasteiger partial charge in [-0.3, -0.25) is 0 Å². The van der Waals surface area contributed by atoms with Gasteiger partial charge in [0.05, 0.1) is 11.0 Å². The fourth-order valence-electron chi connectivity index (χ4n) is 2.91. The van der Waals surface area contributed by atoms with Crippen LogP contribution in [0.1, 0.15) is 45.4 Å². The minimum absolute atomic E-state index is 0.266. The van der Waals surface area contributed by atoms with Crippen molar-refractivity contribution in [3.8, 4) is 0 Å². The van der Waals surface area contributed by atoms with E-state index in [2.05, 4.69) is 0 Å². The van der Waals surface area contributed by atoms with Crippen molar-refractivity contribution >= 4 is 11.6 Å². The Kier molecular flexibility index (Phi) is 1.93. The molecule has 70 valence electrons. The van der Waals surface area contributed by atoms with Gasteiger partial charge in [0.2, 0.25) is 0 Å². The molecule has 0 saturated heterocycles. The summed E-state index contributed by atoms with van der Waals surface area (Å²) in [4.78, 5) is -0.326. The van der Waals surface area contributed by atoms with Gasteiger partial charge >= 0.3 is 0 Å². The molecule has 12 heavy (non-hydrogen) atoms. The van der Waals surface area contributed by atoms with E-state index in [0.29, 0.717) is 0 Å². The molecule has 0 aromatic carbocycles. The fourth-order valence-corrected chi connectivity index (χ4v) is 3.25. The van der Waals surface area contributed by atoms with Gasteiger partial charge in [0.1, 0.15) is 0 Å². The van der Waals surface area contributed by atoms with Gasteiger partial charge in [-0.25, -0.2) is 0 Å². The van der Waals surface area contributed by atoms with Crippen LogP contribution in [0.15, 0.2) is 0 Å². The largest absolute Gasteiger partial charge is 0.391 e. The van der Waals surface area contributed by atoms with Crippen LogP contribution < -0.4 is 0 Å². The van der Waals surface area contributed by atoms with Gasteiger partial charge in [0, 0.05) is 0 Å². The summed E-state index contributed by atoms with van der Waals surface area (Å²) in [6.07, 6.45) is 7.08. The van der Waals surface area contributed by atoms with Gasteiger partial charge in [0.15, 0.2) is 0 Å². The molecule has 2 atom stereocenters. The highest BCUT2D eigenvalue weighted by molar-refractivity contribution is 6.25. The van der Waals surface area contributed by atoms with Crippen LogP contribution in [0, 0.1) is 5.41 Å². The highest BCUT2D eigenvalue weighted by atomic mass is 35.5. The highest BCUT2D eigenvalue weighted by Crippen LogP contribution is 2.61. The summed E-state index contributed by atoms with van der Waals surface area (Å²) in [7, 11) is 0. The van der Waals surface area contributed by atoms with Crippen molar-refractivity contribution in [2.75, 3.05) is 0 Å². The Balaban J connectivity index is 2.12. The first kappa shape index (κ1) is 8.83. The zero-order chi connectivity index (χ0) is 8.82. The number of alkyl halides is 1. The van der Waals surface area contributed by atoms with Crippen LogP contribution in [0.3, 0.4) is 0 Å². The van der Waals surface area contributed by atoms with Gasteiger partial charge in [0.25, 0.3) is 0 Å². The molecule has 2 aliphatic rings. The lowest BCUT2D eigenvalue weighted by atomic mass is 9.52. The first-order valence-corrected chi connectivity index (χ1v) is 5.33. The van der Waals surface area contributed by atoms with Crippen molar-refractivity contribution in [3.63, 3.8) is 0 Å². The van der Waals surface area contributed by atoms with Crippen LogP contribution in [-0.2, 0) is 0 Å². The van der Waals surface area contributed by atoms with Crippen LogP contribution in [0.2, 0.25) is 0 Å². The molecule has 2 rings (SSSR count). The van der Waals surface area contributed by atoms with Crippen molar-refractivity contribution in [2.24, 2.45) is 5.41 Å². The molecule has 1 nitrogen and oxygen atoms in total. The lowest BCUT2D eigenvalue weighted by Gasteiger charge is -2.59. The minimum atomic E-state index is -0.326. The Morgan fingerprint density at radius 3 is 2.25 bits per heavy atom. The number of halogens is 1. The second-order valence-electron chi connectivity index (χ2n) is 4.64. The Bertz CT molecular complexity index is 177. The van der Waals surface area contributed by atoms with Crippen molar-refractivity contribution in [3.05, 3.63) is 0 Å². The fraction of sp³-hybridized carbons (Fsp3) is 1.00. The lowest BCUT2D eigenvalue weighted by Crippen LogP contribution is -2.62. The van der Waals surface area contributed by atoms with Crippen molar-refractivity contribution in [2.45, 2.75) is 56.4 Å². The lowest BCUT2D eigenvalue weighted by molar-refractivity contribution is -0.0972. The third-order valence-electron chi connectivity index (χ3n) is 4.06. The predicted octanol–water partition coefficient (Wildman–Crippen LogP) is 2.70. The Morgan fingerprint density at radius 1 is 1.25 bits per heavy atom.